The topological polar surface area (TPSA) is 83.1 Å². The summed E-state index contributed by atoms with van der Waals surface area (Å²) >= 11 is 6.09. The molecule has 0 bridgehead atoms. The molecule has 8 heteroatoms. The van der Waals surface area contributed by atoms with Gasteiger partial charge in [0, 0.05) is 16.1 Å². The Morgan fingerprint density at radius 3 is 2.89 bits per heavy atom. The minimum atomic E-state index is -0.581. The molecule has 1 amide bonds. The van der Waals surface area contributed by atoms with Gasteiger partial charge in [-0.1, -0.05) is 23.7 Å². The van der Waals surface area contributed by atoms with Crippen LogP contribution in [0.4, 0.5) is 0 Å². The average molecular weight is 406 g/mol. The van der Waals surface area contributed by atoms with Crippen molar-refractivity contribution in [1.82, 2.24) is 5.32 Å². The maximum Gasteiger partial charge on any atom is 0.325 e. The number of nitrogens with one attached hydrogen (secondary N) is 1. The summed E-state index contributed by atoms with van der Waals surface area (Å²) in [6, 6.07) is 10.2. The molecule has 2 aromatic rings. The first kappa shape index (κ1) is 20.0. The van der Waals surface area contributed by atoms with E-state index in [4.69, 9.17) is 30.5 Å². The Hall–Kier alpha value is -2.77. The van der Waals surface area contributed by atoms with Crippen molar-refractivity contribution >= 4 is 23.5 Å². The molecule has 0 saturated heterocycles. The summed E-state index contributed by atoms with van der Waals surface area (Å²) in [5.74, 6) is 0.0727. The molecule has 7 nitrogen and oxygen atoms in total. The Bertz CT molecular complexity index is 870. The average Bonchev–Trinajstić information content (AvgIpc) is 2.70. The Morgan fingerprint density at radius 1 is 1.25 bits per heavy atom. The minimum absolute atomic E-state index is 0.0207. The van der Waals surface area contributed by atoms with Crippen LogP contribution in [0.2, 0.25) is 5.02 Å². The van der Waals surface area contributed by atoms with Crippen LogP contribution in [0.3, 0.4) is 0 Å². The van der Waals surface area contributed by atoms with Gasteiger partial charge in [0.1, 0.15) is 24.7 Å². The molecule has 0 saturated carbocycles. The fourth-order valence-corrected chi connectivity index (χ4v) is 3.02. The van der Waals surface area contributed by atoms with E-state index in [1.165, 1.54) is 0 Å². The number of amides is 1. The van der Waals surface area contributed by atoms with Gasteiger partial charge < -0.3 is 24.3 Å². The molecule has 3 rings (SSSR count). The number of carbonyl (C=O) groups excluding carboxylic acids is 2. The van der Waals surface area contributed by atoms with Gasteiger partial charge in [0.15, 0.2) is 6.79 Å². The second-order valence-corrected chi connectivity index (χ2v) is 6.37. The van der Waals surface area contributed by atoms with Gasteiger partial charge in [-0.15, -0.1) is 0 Å². The van der Waals surface area contributed by atoms with Gasteiger partial charge in [-0.25, -0.2) is 0 Å². The number of carbonyl (C=O) groups is 2. The van der Waals surface area contributed by atoms with Crippen LogP contribution in [0, 0.1) is 0 Å². The molecule has 0 spiro atoms. The monoisotopic (exact) mass is 405 g/mol. The highest BCUT2D eigenvalue weighted by molar-refractivity contribution is 6.30. The van der Waals surface area contributed by atoms with E-state index >= 15 is 0 Å². The van der Waals surface area contributed by atoms with E-state index in [0.29, 0.717) is 40.9 Å². The van der Waals surface area contributed by atoms with Gasteiger partial charge in [0.05, 0.1) is 18.8 Å². The molecule has 0 unspecified atom stereocenters. The highest BCUT2D eigenvalue weighted by Gasteiger charge is 2.18. The lowest BCUT2D eigenvalue weighted by Gasteiger charge is -2.21. The van der Waals surface area contributed by atoms with E-state index in [-0.39, 0.29) is 19.9 Å². The van der Waals surface area contributed by atoms with Crippen molar-refractivity contribution in [2.24, 2.45) is 0 Å². The number of benzene rings is 2. The van der Waals surface area contributed by atoms with Gasteiger partial charge >= 0.3 is 5.97 Å². The molecular formula is C20H20ClNO6. The number of ether oxygens (including phenoxy) is 4. The van der Waals surface area contributed by atoms with Crippen LogP contribution < -0.4 is 14.8 Å². The van der Waals surface area contributed by atoms with Gasteiger partial charge in [-0.3, -0.25) is 9.59 Å². The SMILES string of the molecule is CCOc1ccccc1C(=O)NCC(=O)OCc1cc(Cl)cc2c1OCOC2. The fourth-order valence-electron chi connectivity index (χ4n) is 2.76. The van der Waals surface area contributed by atoms with Crippen LogP contribution in [0.5, 0.6) is 11.5 Å². The summed E-state index contributed by atoms with van der Waals surface area (Å²) in [7, 11) is 0. The van der Waals surface area contributed by atoms with Gasteiger partial charge in [-0.2, -0.15) is 0 Å². The van der Waals surface area contributed by atoms with Crippen LogP contribution in [0.25, 0.3) is 0 Å². The molecule has 1 N–H and O–H groups in total. The molecule has 1 heterocycles. The zero-order valence-electron chi connectivity index (χ0n) is 15.3. The normalized spacial score (nSPS) is 12.5. The molecule has 2 aromatic carbocycles. The van der Waals surface area contributed by atoms with E-state index < -0.39 is 11.9 Å². The third-order valence-corrected chi connectivity index (χ3v) is 4.18. The Morgan fingerprint density at radius 2 is 2.07 bits per heavy atom. The molecule has 0 fully saturated rings. The number of fused-ring (bicyclic) bond motifs is 1. The quantitative estimate of drug-likeness (QED) is 0.713. The summed E-state index contributed by atoms with van der Waals surface area (Å²) in [6.07, 6.45) is 0. The third-order valence-electron chi connectivity index (χ3n) is 3.97. The van der Waals surface area contributed by atoms with Gasteiger partial charge in [0.25, 0.3) is 5.91 Å². The van der Waals surface area contributed by atoms with Crippen molar-refractivity contribution in [2.75, 3.05) is 19.9 Å². The standard InChI is InChI=1S/C20H20ClNO6/c1-2-26-17-6-4-3-5-16(17)20(24)22-9-18(23)27-11-14-8-15(21)7-13-10-25-12-28-19(13)14/h3-8H,2,9-12H2,1H3,(H,22,24). The predicted octanol–water partition coefficient (Wildman–Crippen LogP) is 3.08. The summed E-state index contributed by atoms with van der Waals surface area (Å²) in [6.45, 7) is 2.48. The van der Waals surface area contributed by atoms with Crippen LogP contribution in [-0.4, -0.2) is 31.8 Å². The van der Waals surface area contributed by atoms with Crippen LogP contribution in [0.1, 0.15) is 28.4 Å². The molecule has 1 aliphatic heterocycles. The van der Waals surface area contributed by atoms with E-state index in [0.717, 1.165) is 5.56 Å². The highest BCUT2D eigenvalue weighted by atomic mass is 35.5. The van der Waals surface area contributed by atoms with E-state index in [2.05, 4.69) is 5.32 Å². The Balaban J connectivity index is 1.56. The number of hydrogen-bond donors (Lipinski definition) is 1. The number of hydrogen-bond acceptors (Lipinski definition) is 6. The maximum atomic E-state index is 12.3. The van der Waals surface area contributed by atoms with Crippen molar-refractivity contribution < 1.29 is 28.5 Å². The number of para-hydroxylation sites is 1. The van der Waals surface area contributed by atoms with Crippen molar-refractivity contribution in [1.29, 1.82) is 0 Å². The summed E-state index contributed by atoms with van der Waals surface area (Å²) in [5.41, 5.74) is 1.80. The molecule has 0 atom stereocenters. The van der Waals surface area contributed by atoms with Gasteiger partial charge in [-0.05, 0) is 31.2 Å². The van der Waals surface area contributed by atoms with Crippen molar-refractivity contribution in [2.45, 2.75) is 20.1 Å². The number of rotatable bonds is 7. The Kier molecular flexibility index (Phi) is 6.73. The summed E-state index contributed by atoms with van der Waals surface area (Å²) in [5, 5.41) is 3.04. The highest BCUT2D eigenvalue weighted by Crippen LogP contribution is 2.32. The van der Waals surface area contributed by atoms with Crippen LogP contribution in [-0.2, 0) is 27.5 Å². The molecule has 0 radical (unpaired) electrons. The summed E-state index contributed by atoms with van der Waals surface area (Å²) < 4.78 is 21.4. The van der Waals surface area contributed by atoms with E-state index in [1.807, 2.05) is 6.92 Å². The Labute approximate surface area is 167 Å². The van der Waals surface area contributed by atoms with Crippen molar-refractivity contribution in [3.63, 3.8) is 0 Å². The fraction of sp³-hybridized carbons (Fsp3) is 0.300. The zero-order valence-corrected chi connectivity index (χ0v) is 16.1. The molecule has 1 aliphatic rings. The van der Waals surface area contributed by atoms with Gasteiger partial charge in [0.2, 0.25) is 0 Å². The third kappa shape index (κ3) is 4.94. The zero-order chi connectivity index (χ0) is 19.9. The van der Waals surface area contributed by atoms with E-state index in [1.54, 1.807) is 36.4 Å². The smallest absolute Gasteiger partial charge is 0.325 e. The lowest BCUT2D eigenvalue weighted by molar-refractivity contribution is -0.143. The first-order valence-electron chi connectivity index (χ1n) is 8.76. The second kappa shape index (κ2) is 9.43. The van der Waals surface area contributed by atoms with Crippen molar-refractivity contribution in [3.8, 4) is 11.5 Å². The van der Waals surface area contributed by atoms with E-state index in [9.17, 15) is 9.59 Å². The maximum absolute atomic E-state index is 12.3. The predicted molar refractivity (Wildman–Crippen MR) is 101 cm³/mol. The molecule has 0 aliphatic carbocycles. The first-order valence-corrected chi connectivity index (χ1v) is 9.13. The molecule has 28 heavy (non-hydrogen) atoms. The molecule has 148 valence electrons. The largest absolute Gasteiger partial charge is 0.493 e. The number of halogens is 1. The second-order valence-electron chi connectivity index (χ2n) is 5.94. The molecular weight excluding hydrogens is 386 g/mol. The van der Waals surface area contributed by atoms with Crippen LogP contribution >= 0.6 is 11.6 Å². The number of esters is 1. The van der Waals surface area contributed by atoms with Crippen molar-refractivity contribution in [3.05, 3.63) is 58.1 Å². The lowest BCUT2D eigenvalue weighted by atomic mass is 10.1. The lowest BCUT2D eigenvalue weighted by Crippen LogP contribution is -2.31. The van der Waals surface area contributed by atoms with Crippen LogP contribution in [0.15, 0.2) is 36.4 Å². The first-order chi connectivity index (χ1) is 13.6. The molecule has 0 aromatic heterocycles. The summed E-state index contributed by atoms with van der Waals surface area (Å²) in [4.78, 5) is 24.4. The minimum Gasteiger partial charge on any atom is -0.493 e.